The number of aliphatic hydroxyl groups excluding tert-OH is 1. The van der Waals surface area contributed by atoms with E-state index in [1.807, 2.05) is 0 Å². The van der Waals surface area contributed by atoms with Crippen molar-refractivity contribution in [3.8, 4) is 0 Å². The average Bonchev–Trinajstić information content (AvgIpc) is 2.19. The molecular formula is C6H12NO. The summed E-state index contributed by atoms with van der Waals surface area (Å²) < 4.78 is 0. The fourth-order valence-corrected chi connectivity index (χ4v) is 1.08. The van der Waals surface area contributed by atoms with E-state index in [4.69, 9.17) is 5.11 Å². The lowest BCUT2D eigenvalue weighted by molar-refractivity contribution is 0.270. The minimum atomic E-state index is 0.300. The Morgan fingerprint density at radius 1 is 1.62 bits per heavy atom. The summed E-state index contributed by atoms with van der Waals surface area (Å²) in [5.41, 5.74) is 0. The van der Waals surface area contributed by atoms with Gasteiger partial charge in [0.15, 0.2) is 0 Å². The normalized spacial score (nSPS) is 28.9. The van der Waals surface area contributed by atoms with E-state index in [1.165, 1.54) is 12.8 Å². The molecule has 1 atom stereocenters. The number of hydrogen-bond acceptors (Lipinski definition) is 1. The van der Waals surface area contributed by atoms with Crippen molar-refractivity contribution >= 4 is 0 Å². The SMILES string of the molecule is OCCC1CCC[N]1. The van der Waals surface area contributed by atoms with E-state index in [0.717, 1.165) is 13.0 Å². The van der Waals surface area contributed by atoms with Gasteiger partial charge in [0.1, 0.15) is 0 Å². The first-order chi connectivity index (χ1) is 3.93. The van der Waals surface area contributed by atoms with Crippen LogP contribution >= 0.6 is 0 Å². The van der Waals surface area contributed by atoms with Gasteiger partial charge in [-0.1, -0.05) is 0 Å². The van der Waals surface area contributed by atoms with E-state index < -0.39 is 0 Å². The van der Waals surface area contributed by atoms with E-state index in [-0.39, 0.29) is 0 Å². The lowest BCUT2D eigenvalue weighted by atomic mass is 10.2. The van der Waals surface area contributed by atoms with Gasteiger partial charge in [-0.3, -0.25) is 0 Å². The molecule has 0 aliphatic carbocycles. The van der Waals surface area contributed by atoms with Gasteiger partial charge >= 0.3 is 0 Å². The van der Waals surface area contributed by atoms with Gasteiger partial charge in [-0.05, 0) is 19.3 Å². The molecule has 0 spiro atoms. The van der Waals surface area contributed by atoms with Gasteiger partial charge in [0.05, 0.1) is 0 Å². The van der Waals surface area contributed by atoms with Crippen molar-refractivity contribution in [2.75, 3.05) is 13.2 Å². The van der Waals surface area contributed by atoms with Crippen LogP contribution in [0.25, 0.3) is 0 Å². The highest BCUT2D eigenvalue weighted by Crippen LogP contribution is 2.08. The Labute approximate surface area is 49.9 Å². The molecule has 1 fully saturated rings. The molecule has 1 N–H and O–H groups in total. The van der Waals surface area contributed by atoms with Crippen molar-refractivity contribution in [3.63, 3.8) is 0 Å². The summed E-state index contributed by atoms with van der Waals surface area (Å²) >= 11 is 0. The highest BCUT2D eigenvalue weighted by molar-refractivity contribution is 4.72. The van der Waals surface area contributed by atoms with E-state index in [2.05, 4.69) is 5.32 Å². The van der Waals surface area contributed by atoms with Gasteiger partial charge in [-0.15, -0.1) is 0 Å². The molecule has 1 saturated heterocycles. The molecule has 1 rings (SSSR count). The lowest BCUT2D eigenvalue weighted by Crippen LogP contribution is -2.14. The molecule has 47 valence electrons. The van der Waals surface area contributed by atoms with Gasteiger partial charge in [-0.25, -0.2) is 5.32 Å². The highest BCUT2D eigenvalue weighted by Gasteiger charge is 2.13. The van der Waals surface area contributed by atoms with Crippen LogP contribution in [0.4, 0.5) is 0 Å². The van der Waals surface area contributed by atoms with E-state index >= 15 is 0 Å². The summed E-state index contributed by atoms with van der Waals surface area (Å²) in [4.78, 5) is 0. The van der Waals surface area contributed by atoms with Gasteiger partial charge < -0.3 is 5.11 Å². The zero-order valence-electron chi connectivity index (χ0n) is 5.01. The smallest absolute Gasteiger partial charge is 0.0446 e. The Balaban J connectivity index is 2.06. The predicted molar refractivity (Wildman–Crippen MR) is 31.7 cm³/mol. The van der Waals surface area contributed by atoms with Crippen LogP contribution in [0, 0.1) is 0 Å². The molecule has 0 aromatic rings. The van der Waals surface area contributed by atoms with E-state index in [0.29, 0.717) is 12.6 Å². The summed E-state index contributed by atoms with van der Waals surface area (Å²) in [6.45, 7) is 1.32. The Hall–Kier alpha value is -0.0800. The Morgan fingerprint density at radius 3 is 3.00 bits per heavy atom. The Bertz CT molecular complexity index is 59.5. The van der Waals surface area contributed by atoms with Crippen LogP contribution in [0.2, 0.25) is 0 Å². The third-order valence-electron chi connectivity index (χ3n) is 1.55. The topological polar surface area (TPSA) is 34.3 Å². The van der Waals surface area contributed by atoms with E-state index in [1.54, 1.807) is 0 Å². The molecule has 8 heavy (non-hydrogen) atoms. The number of hydrogen-bond donors (Lipinski definition) is 1. The number of rotatable bonds is 2. The fraction of sp³-hybridized carbons (Fsp3) is 1.00. The molecule has 0 saturated carbocycles. The van der Waals surface area contributed by atoms with Crippen LogP contribution in [-0.2, 0) is 0 Å². The molecule has 1 heterocycles. The van der Waals surface area contributed by atoms with Crippen molar-refractivity contribution in [1.82, 2.24) is 5.32 Å². The molecule has 0 amide bonds. The van der Waals surface area contributed by atoms with Crippen LogP contribution in [0.15, 0.2) is 0 Å². The minimum absolute atomic E-state index is 0.300. The molecule has 1 aliphatic heterocycles. The Kier molecular flexibility index (Phi) is 2.30. The maximum atomic E-state index is 8.47. The van der Waals surface area contributed by atoms with E-state index in [9.17, 15) is 0 Å². The third kappa shape index (κ3) is 1.46. The second-order valence-corrected chi connectivity index (χ2v) is 2.21. The third-order valence-corrected chi connectivity index (χ3v) is 1.55. The molecule has 0 bridgehead atoms. The van der Waals surface area contributed by atoms with Crippen LogP contribution in [0.1, 0.15) is 19.3 Å². The van der Waals surface area contributed by atoms with Crippen LogP contribution in [-0.4, -0.2) is 24.3 Å². The molecule has 0 aromatic heterocycles. The number of aliphatic hydroxyl groups is 1. The zero-order chi connectivity index (χ0) is 5.82. The summed E-state index contributed by atoms with van der Waals surface area (Å²) in [5.74, 6) is 0. The molecule has 1 aliphatic rings. The van der Waals surface area contributed by atoms with Crippen molar-refractivity contribution < 1.29 is 5.11 Å². The zero-order valence-corrected chi connectivity index (χ0v) is 5.01. The Morgan fingerprint density at radius 2 is 2.50 bits per heavy atom. The summed E-state index contributed by atoms with van der Waals surface area (Å²) in [7, 11) is 0. The summed E-state index contributed by atoms with van der Waals surface area (Å²) in [5, 5.41) is 12.7. The van der Waals surface area contributed by atoms with Crippen LogP contribution < -0.4 is 5.32 Å². The monoisotopic (exact) mass is 114 g/mol. The molecule has 2 heteroatoms. The van der Waals surface area contributed by atoms with Gasteiger partial charge in [0.25, 0.3) is 0 Å². The van der Waals surface area contributed by atoms with Gasteiger partial charge in [0.2, 0.25) is 0 Å². The van der Waals surface area contributed by atoms with Crippen LogP contribution in [0.3, 0.4) is 0 Å². The number of nitrogens with zero attached hydrogens (tertiary/aromatic N) is 1. The van der Waals surface area contributed by atoms with Crippen molar-refractivity contribution in [1.29, 1.82) is 0 Å². The lowest BCUT2D eigenvalue weighted by Gasteiger charge is -2.02. The largest absolute Gasteiger partial charge is 0.396 e. The fourth-order valence-electron chi connectivity index (χ4n) is 1.08. The summed E-state index contributed by atoms with van der Waals surface area (Å²) in [6.07, 6.45) is 3.30. The van der Waals surface area contributed by atoms with Crippen molar-refractivity contribution in [2.24, 2.45) is 0 Å². The highest BCUT2D eigenvalue weighted by atomic mass is 16.3. The van der Waals surface area contributed by atoms with Crippen LogP contribution in [0.5, 0.6) is 0 Å². The standard InChI is InChI=1S/C6H12NO/c8-5-3-6-2-1-4-7-6/h6,8H,1-5H2. The predicted octanol–water partition coefficient (Wildman–Crippen LogP) is 0.136. The first kappa shape index (κ1) is 6.05. The quantitative estimate of drug-likeness (QED) is 0.544. The summed E-state index contributed by atoms with van der Waals surface area (Å²) in [6, 6.07) is 0.486. The van der Waals surface area contributed by atoms with Crippen molar-refractivity contribution in [2.45, 2.75) is 25.3 Å². The maximum absolute atomic E-state index is 8.47. The van der Waals surface area contributed by atoms with Gasteiger partial charge in [-0.2, -0.15) is 0 Å². The van der Waals surface area contributed by atoms with Crippen molar-refractivity contribution in [3.05, 3.63) is 0 Å². The average molecular weight is 114 g/mol. The molecule has 2 nitrogen and oxygen atoms in total. The molecule has 0 aromatic carbocycles. The minimum Gasteiger partial charge on any atom is -0.396 e. The second kappa shape index (κ2) is 3.05. The second-order valence-electron chi connectivity index (χ2n) is 2.21. The first-order valence-corrected chi connectivity index (χ1v) is 3.21. The molecule has 1 radical (unpaired) electrons. The van der Waals surface area contributed by atoms with Gasteiger partial charge in [0, 0.05) is 19.2 Å². The molecular weight excluding hydrogens is 102 g/mol. The maximum Gasteiger partial charge on any atom is 0.0446 e. The molecule has 1 unspecified atom stereocenters. The first-order valence-electron chi connectivity index (χ1n) is 3.21.